The lowest BCUT2D eigenvalue weighted by Crippen LogP contribution is -2.28. The molecule has 0 radical (unpaired) electrons. The van der Waals surface area contributed by atoms with Crippen molar-refractivity contribution in [2.24, 2.45) is 0 Å². The molecule has 1 unspecified atom stereocenters. The number of allylic oxidation sites excluding steroid dienone is 6. The lowest BCUT2D eigenvalue weighted by atomic mass is 9.80. The van der Waals surface area contributed by atoms with Crippen LogP contribution in [0, 0.1) is 0 Å². The molecule has 0 fully saturated rings. The average molecular weight is 570 g/mol. The molecule has 4 aromatic rings. The van der Waals surface area contributed by atoms with Gasteiger partial charge in [0.2, 0.25) is 5.78 Å². The molecule has 0 saturated heterocycles. The molecule has 3 aromatic carbocycles. The van der Waals surface area contributed by atoms with Crippen molar-refractivity contribution < 1.29 is 23.9 Å². The van der Waals surface area contributed by atoms with Gasteiger partial charge in [0, 0.05) is 33.4 Å². The van der Waals surface area contributed by atoms with Crippen molar-refractivity contribution in [2.45, 2.75) is 33.4 Å². The van der Waals surface area contributed by atoms with E-state index < -0.39 is 6.04 Å². The Morgan fingerprint density at radius 1 is 0.767 bits per heavy atom. The fourth-order valence-electron chi connectivity index (χ4n) is 5.52. The molecule has 0 saturated carbocycles. The Labute approximate surface area is 248 Å². The van der Waals surface area contributed by atoms with Gasteiger partial charge in [-0.05, 0) is 32.4 Å². The first-order valence-corrected chi connectivity index (χ1v) is 13.8. The number of aromatic nitrogens is 3. The van der Waals surface area contributed by atoms with Gasteiger partial charge in [-0.3, -0.25) is 19.2 Å². The SMILES string of the molecule is CC(C)=CC1=C(OCc2cn(C(C3=C(C)C(=O)c4ccccc4C3=O)c3ccccc3)nn2)C(=O)c2ccccc2C1=O. The summed E-state index contributed by atoms with van der Waals surface area (Å²) in [4.78, 5) is 53.8. The van der Waals surface area contributed by atoms with Gasteiger partial charge in [0.05, 0.1) is 11.8 Å². The highest BCUT2D eigenvalue weighted by Gasteiger charge is 2.36. The van der Waals surface area contributed by atoms with Crippen LogP contribution < -0.4 is 0 Å². The van der Waals surface area contributed by atoms with E-state index in [1.165, 1.54) is 4.68 Å². The molecule has 0 spiro atoms. The minimum atomic E-state index is -0.738. The maximum atomic E-state index is 13.8. The van der Waals surface area contributed by atoms with Gasteiger partial charge in [0.1, 0.15) is 18.3 Å². The fourth-order valence-corrected chi connectivity index (χ4v) is 5.52. The molecule has 1 aromatic heterocycles. The zero-order valence-electron chi connectivity index (χ0n) is 23.8. The summed E-state index contributed by atoms with van der Waals surface area (Å²) in [5.74, 6) is -1.20. The lowest BCUT2D eigenvalue weighted by Gasteiger charge is -2.26. The number of carbonyl (C=O) groups excluding carboxylic acids is 4. The number of ether oxygens (including phenoxy) is 1. The summed E-state index contributed by atoms with van der Waals surface area (Å²) in [5, 5.41) is 8.59. The zero-order valence-corrected chi connectivity index (χ0v) is 23.8. The van der Waals surface area contributed by atoms with Crippen LogP contribution in [0.2, 0.25) is 0 Å². The highest BCUT2D eigenvalue weighted by Crippen LogP contribution is 2.36. The molecule has 0 bridgehead atoms. The van der Waals surface area contributed by atoms with Crippen LogP contribution in [-0.2, 0) is 11.3 Å². The summed E-state index contributed by atoms with van der Waals surface area (Å²) in [6, 6.07) is 22.0. The largest absolute Gasteiger partial charge is 0.482 e. The standard InChI is InChI=1S/C35H27N3O5/c1-20(2)17-28-32(40)25-14-8-10-16-27(25)34(42)35(28)43-19-23-18-38(37-36-23)30(22-11-5-4-6-12-22)29-21(3)31(39)24-13-7-9-15-26(24)33(29)41/h4-18,30H,19H2,1-3H3. The van der Waals surface area contributed by atoms with Gasteiger partial charge < -0.3 is 4.74 Å². The number of fused-ring (bicyclic) bond motifs is 2. The fraction of sp³-hybridized carbons (Fsp3) is 0.143. The normalized spacial score (nSPS) is 15.3. The van der Waals surface area contributed by atoms with Crippen LogP contribution in [0.1, 0.15) is 79.5 Å². The Bertz CT molecular complexity index is 1920. The summed E-state index contributed by atoms with van der Waals surface area (Å²) in [6.07, 6.45) is 3.27. The average Bonchev–Trinajstić information content (AvgIpc) is 3.49. The smallest absolute Gasteiger partial charge is 0.229 e. The molecule has 0 aliphatic heterocycles. The number of hydrogen-bond donors (Lipinski definition) is 0. The van der Waals surface area contributed by atoms with Crippen LogP contribution in [0.4, 0.5) is 0 Å². The number of benzene rings is 3. The van der Waals surface area contributed by atoms with Crippen LogP contribution >= 0.6 is 0 Å². The second-order valence-electron chi connectivity index (χ2n) is 10.7. The molecule has 6 rings (SSSR count). The first kappa shape index (κ1) is 27.7. The van der Waals surface area contributed by atoms with Gasteiger partial charge in [0.25, 0.3) is 0 Å². The molecular weight excluding hydrogens is 542 g/mol. The number of carbonyl (C=O) groups is 4. The minimum Gasteiger partial charge on any atom is -0.482 e. The Balaban J connectivity index is 1.37. The maximum Gasteiger partial charge on any atom is 0.229 e. The van der Waals surface area contributed by atoms with Gasteiger partial charge in [-0.25, -0.2) is 4.68 Å². The molecule has 43 heavy (non-hydrogen) atoms. The first-order chi connectivity index (χ1) is 20.8. The molecule has 2 aliphatic carbocycles. The van der Waals surface area contributed by atoms with Gasteiger partial charge in [0.15, 0.2) is 23.1 Å². The van der Waals surface area contributed by atoms with Crippen molar-refractivity contribution in [1.82, 2.24) is 15.0 Å². The van der Waals surface area contributed by atoms with E-state index in [1.54, 1.807) is 67.7 Å². The summed E-state index contributed by atoms with van der Waals surface area (Å²) in [5.41, 5.74) is 4.13. The van der Waals surface area contributed by atoms with E-state index in [1.807, 2.05) is 44.2 Å². The minimum absolute atomic E-state index is 0.0534. The predicted octanol–water partition coefficient (Wildman–Crippen LogP) is 6.08. The van der Waals surface area contributed by atoms with E-state index in [-0.39, 0.29) is 46.6 Å². The topological polar surface area (TPSA) is 108 Å². The van der Waals surface area contributed by atoms with Crippen molar-refractivity contribution in [2.75, 3.05) is 0 Å². The Hall–Kier alpha value is -5.50. The van der Waals surface area contributed by atoms with E-state index in [0.717, 1.165) is 11.1 Å². The maximum absolute atomic E-state index is 13.8. The number of hydrogen-bond acceptors (Lipinski definition) is 7. The first-order valence-electron chi connectivity index (χ1n) is 13.8. The summed E-state index contributed by atoms with van der Waals surface area (Å²) < 4.78 is 7.52. The molecule has 2 aliphatic rings. The molecule has 212 valence electrons. The number of Topliss-reactive ketones (excluding diaryl/α,β-unsaturated/α-hetero) is 4. The highest BCUT2D eigenvalue weighted by molar-refractivity contribution is 6.28. The Morgan fingerprint density at radius 3 is 1.95 bits per heavy atom. The summed E-state index contributed by atoms with van der Waals surface area (Å²) in [7, 11) is 0. The van der Waals surface area contributed by atoms with Crippen LogP contribution in [0.5, 0.6) is 0 Å². The van der Waals surface area contributed by atoms with Gasteiger partial charge in [-0.2, -0.15) is 0 Å². The van der Waals surface area contributed by atoms with Crippen LogP contribution in [0.25, 0.3) is 0 Å². The molecule has 8 heteroatoms. The van der Waals surface area contributed by atoms with E-state index >= 15 is 0 Å². The van der Waals surface area contributed by atoms with E-state index in [2.05, 4.69) is 10.3 Å². The Kier molecular flexibility index (Phi) is 7.11. The lowest BCUT2D eigenvalue weighted by molar-refractivity contribution is 0.0859. The Morgan fingerprint density at radius 2 is 1.33 bits per heavy atom. The second-order valence-corrected chi connectivity index (χ2v) is 10.7. The van der Waals surface area contributed by atoms with E-state index in [9.17, 15) is 19.2 Å². The highest BCUT2D eigenvalue weighted by atomic mass is 16.5. The van der Waals surface area contributed by atoms with Gasteiger partial charge >= 0.3 is 0 Å². The van der Waals surface area contributed by atoms with E-state index in [4.69, 9.17) is 4.74 Å². The predicted molar refractivity (Wildman–Crippen MR) is 159 cm³/mol. The third-order valence-corrected chi connectivity index (χ3v) is 7.53. The second kappa shape index (κ2) is 11.1. The number of ketones is 4. The number of nitrogens with zero attached hydrogens (tertiary/aromatic N) is 3. The third kappa shape index (κ3) is 4.86. The molecule has 1 atom stereocenters. The number of rotatable bonds is 7. The summed E-state index contributed by atoms with van der Waals surface area (Å²) in [6.45, 7) is 5.18. The van der Waals surface area contributed by atoms with Crippen LogP contribution in [0.3, 0.4) is 0 Å². The van der Waals surface area contributed by atoms with Crippen molar-refractivity contribution in [3.63, 3.8) is 0 Å². The third-order valence-electron chi connectivity index (χ3n) is 7.53. The molecule has 1 heterocycles. The summed E-state index contributed by atoms with van der Waals surface area (Å²) >= 11 is 0. The van der Waals surface area contributed by atoms with Crippen LogP contribution in [-0.4, -0.2) is 38.1 Å². The van der Waals surface area contributed by atoms with Gasteiger partial charge in [-0.15, -0.1) is 5.10 Å². The molecular formula is C35H27N3O5. The van der Waals surface area contributed by atoms with Crippen molar-refractivity contribution in [3.05, 3.63) is 153 Å². The van der Waals surface area contributed by atoms with Crippen molar-refractivity contribution in [1.29, 1.82) is 0 Å². The van der Waals surface area contributed by atoms with E-state index in [0.29, 0.717) is 33.5 Å². The van der Waals surface area contributed by atoms with Gasteiger partial charge in [-0.1, -0.05) is 89.6 Å². The quantitative estimate of drug-likeness (QED) is 0.265. The van der Waals surface area contributed by atoms with Crippen molar-refractivity contribution in [3.8, 4) is 0 Å². The molecule has 8 nitrogen and oxygen atoms in total. The van der Waals surface area contributed by atoms with Crippen LogP contribution in [0.15, 0.2) is 119 Å². The molecule has 0 amide bonds. The zero-order chi connectivity index (χ0) is 30.2. The van der Waals surface area contributed by atoms with Crippen molar-refractivity contribution >= 4 is 23.1 Å². The monoisotopic (exact) mass is 569 g/mol. The molecule has 0 N–H and O–H groups in total.